The highest BCUT2D eigenvalue weighted by atomic mass is 19.1. The first-order chi connectivity index (χ1) is 17.0. The van der Waals surface area contributed by atoms with Crippen LogP contribution in [0.25, 0.3) is 0 Å². The van der Waals surface area contributed by atoms with E-state index in [4.69, 9.17) is 14.3 Å². The summed E-state index contributed by atoms with van der Waals surface area (Å²) in [7, 11) is 1.70. The van der Waals surface area contributed by atoms with E-state index in [9.17, 15) is 14.0 Å². The van der Waals surface area contributed by atoms with Gasteiger partial charge in [-0.15, -0.1) is 0 Å². The number of nitrogens with zero attached hydrogens (tertiary/aromatic N) is 2. The van der Waals surface area contributed by atoms with Crippen LogP contribution in [-0.4, -0.2) is 36.6 Å². The molecule has 3 aromatic rings. The SMILES string of the molecule is CCOc1cc([C@H]2[C@H]3C(=O)N(c4ccc(F)cc4)C(=O)[C@@H]3ON2C)ccc1OCc1ccccc1. The molecule has 2 heterocycles. The highest BCUT2D eigenvalue weighted by Gasteiger charge is 2.59. The quantitative estimate of drug-likeness (QED) is 0.474. The molecule has 0 unspecified atom stereocenters. The van der Waals surface area contributed by atoms with Crippen LogP contribution in [0.3, 0.4) is 0 Å². The Balaban J connectivity index is 1.42. The molecule has 8 heteroatoms. The van der Waals surface area contributed by atoms with Crippen LogP contribution in [-0.2, 0) is 21.0 Å². The molecule has 0 radical (unpaired) electrons. The maximum absolute atomic E-state index is 13.4. The molecular weight excluding hydrogens is 451 g/mol. The lowest BCUT2D eigenvalue weighted by atomic mass is 9.91. The van der Waals surface area contributed by atoms with E-state index in [0.717, 1.165) is 16.0 Å². The average Bonchev–Trinajstić information content (AvgIpc) is 3.33. The number of anilines is 1. The number of benzene rings is 3. The second-order valence-electron chi connectivity index (χ2n) is 8.44. The van der Waals surface area contributed by atoms with Crippen LogP contribution in [0.15, 0.2) is 72.8 Å². The van der Waals surface area contributed by atoms with E-state index in [-0.39, 0.29) is 5.91 Å². The van der Waals surface area contributed by atoms with Gasteiger partial charge in [0.15, 0.2) is 17.6 Å². The van der Waals surface area contributed by atoms with Gasteiger partial charge < -0.3 is 9.47 Å². The summed E-state index contributed by atoms with van der Waals surface area (Å²) < 4.78 is 25.2. The van der Waals surface area contributed by atoms with E-state index >= 15 is 0 Å². The van der Waals surface area contributed by atoms with Gasteiger partial charge in [0.25, 0.3) is 5.91 Å². The Labute approximate surface area is 202 Å². The number of hydroxylamine groups is 2. The molecule has 0 bridgehead atoms. The standard InChI is InChI=1S/C27H25FN2O5/c1-3-33-22-15-18(9-14-21(22)34-16-17-7-5-4-6-8-17)24-23-25(35-29(24)2)27(32)30(26(23)31)20-12-10-19(28)11-13-20/h4-15,23-25H,3,16H2,1-2H3/t23-,24+,25-/m1/s1. The molecule has 0 spiro atoms. The third-order valence-electron chi connectivity index (χ3n) is 6.24. The second-order valence-corrected chi connectivity index (χ2v) is 8.44. The van der Waals surface area contributed by atoms with E-state index in [0.29, 0.717) is 30.4 Å². The molecule has 35 heavy (non-hydrogen) atoms. The third kappa shape index (κ3) is 4.26. The Kier molecular flexibility index (Phi) is 6.23. The molecule has 3 aromatic carbocycles. The molecule has 3 atom stereocenters. The number of hydrogen-bond donors (Lipinski definition) is 0. The Morgan fingerprint density at radius 3 is 2.37 bits per heavy atom. The number of rotatable bonds is 7. The molecule has 2 amide bonds. The smallest absolute Gasteiger partial charge is 0.265 e. The van der Waals surface area contributed by atoms with Gasteiger partial charge >= 0.3 is 0 Å². The van der Waals surface area contributed by atoms with Crippen LogP contribution in [0.5, 0.6) is 11.5 Å². The lowest BCUT2D eigenvalue weighted by Gasteiger charge is -2.25. The molecule has 0 N–H and O–H groups in total. The first-order valence-electron chi connectivity index (χ1n) is 11.4. The fourth-order valence-electron chi connectivity index (χ4n) is 4.64. The summed E-state index contributed by atoms with van der Waals surface area (Å²) in [6, 6.07) is 20.1. The number of halogens is 1. The van der Waals surface area contributed by atoms with Gasteiger partial charge in [-0.25, -0.2) is 9.29 Å². The molecule has 7 nitrogen and oxygen atoms in total. The second kappa shape index (κ2) is 9.48. The molecule has 0 saturated carbocycles. The molecule has 2 fully saturated rings. The van der Waals surface area contributed by atoms with Gasteiger partial charge in [0.05, 0.1) is 24.3 Å². The maximum atomic E-state index is 13.4. The molecular formula is C27H25FN2O5. The Morgan fingerprint density at radius 1 is 0.914 bits per heavy atom. The lowest BCUT2D eigenvalue weighted by Crippen LogP contribution is -2.36. The first-order valence-corrected chi connectivity index (χ1v) is 11.4. The average molecular weight is 477 g/mol. The van der Waals surface area contributed by atoms with Crippen molar-refractivity contribution in [1.82, 2.24) is 5.06 Å². The summed E-state index contributed by atoms with van der Waals surface area (Å²) in [6.45, 7) is 2.70. The van der Waals surface area contributed by atoms with E-state index in [2.05, 4.69) is 0 Å². The number of carbonyl (C=O) groups is 2. The minimum atomic E-state index is -0.952. The largest absolute Gasteiger partial charge is 0.490 e. The Bertz CT molecular complexity index is 1230. The number of ether oxygens (including phenoxy) is 2. The van der Waals surface area contributed by atoms with Crippen molar-refractivity contribution in [2.75, 3.05) is 18.6 Å². The van der Waals surface area contributed by atoms with Gasteiger partial charge in [0, 0.05) is 7.05 Å². The highest BCUT2D eigenvalue weighted by molar-refractivity contribution is 6.23. The monoisotopic (exact) mass is 476 g/mol. The summed E-state index contributed by atoms with van der Waals surface area (Å²) in [4.78, 5) is 33.4. The van der Waals surface area contributed by atoms with E-state index in [1.807, 2.05) is 55.5 Å². The zero-order valence-electron chi connectivity index (χ0n) is 19.4. The molecule has 0 aliphatic carbocycles. The summed E-state index contributed by atoms with van der Waals surface area (Å²) in [6.07, 6.45) is -0.952. The molecule has 0 aromatic heterocycles. The zero-order valence-corrected chi connectivity index (χ0v) is 19.4. The first kappa shape index (κ1) is 23.0. The minimum Gasteiger partial charge on any atom is -0.490 e. The zero-order chi connectivity index (χ0) is 24.5. The van der Waals surface area contributed by atoms with E-state index < -0.39 is 29.8 Å². The summed E-state index contributed by atoms with van der Waals surface area (Å²) in [5.41, 5.74) is 2.11. The van der Waals surface area contributed by atoms with Gasteiger partial charge in [-0.05, 0) is 54.4 Å². The van der Waals surface area contributed by atoms with Crippen LogP contribution in [0.2, 0.25) is 0 Å². The van der Waals surface area contributed by atoms with Gasteiger partial charge in [-0.3, -0.25) is 14.4 Å². The minimum absolute atomic E-state index is 0.320. The Morgan fingerprint density at radius 2 is 1.66 bits per heavy atom. The topological polar surface area (TPSA) is 68.3 Å². The highest BCUT2D eigenvalue weighted by Crippen LogP contribution is 2.46. The predicted molar refractivity (Wildman–Crippen MR) is 126 cm³/mol. The van der Waals surface area contributed by atoms with Crippen LogP contribution in [0, 0.1) is 11.7 Å². The summed E-state index contributed by atoms with van der Waals surface area (Å²) in [5, 5.41) is 1.54. The van der Waals surface area contributed by atoms with Gasteiger partial charge in [-0.1, -0.05) is 36.4 Å². The number of fused-ring (bicyclic) bond motifs is 1. The molecule has 5 rings (SSSR count). The van der Waals surface area contributed by atoms with Crippen molar-refractivity contribution in [3.05, 3.63) is 89.7 Å². The lowest BCUT2D eigenvalue weighted by molar-refractivity contribution is -0.160. The number of amides is 2. The van der Waals surface area contributed by atoms with Crippen molar-refractivity contribution in [3.8, 4) is 11.5 Å². The number of imide groups is 1. The number of carbonyl (C=O) groups excluding carboxylic acids is 2. The van der Waals surface area contributed by atoms with Crippen LogP contribution in [0.1, 0.15) is 24.1 Å². The summed E-state index contributed by atoms with van der Waals surface area (Å²) in [5.74, 6) is -0.913. The van der Waals surface area contributed by atoms with Crippen molar-refractivity contribution < 1.29 is 28.3 Å². The van der Waals surface area contributed by atoms with Crippen molar-refractivity contribution in [2.24, 2.45) is 5.92 Å². The maximum Gasteiger partial charge on any atom is 0.265 e. The van der Waals surface area contributed by atoms with Crippen molar-refractivity contribution in [2.45, 2.75) is 25.7 Å². The fraction of sp³-hybridized carbons (Fsp3) is 0.259. The van der Waals surface area contributed by atoms with Crippen molar-refractivity contribution in [1.29, 1.82) is 0 Å². The van der Waals surface area contributed by atoms with Gasteiger partial charge in [0.1, 0.15) is 12.4 Å². The normalized spacial score (nSPS) is 21.9. The van der Waals surface area contributed by atoms with Gasteiger partial charge in [0.2, 0.25) is 5.91 Å². The number of hydrogen-bond acceptors (Lipinski definition) is 6. The summed E-state index contributed by atoms with van der Waals surface area (Å²) >= 11 is 0. The fourth-order valence-corrected chi connectivity index (χ4v) is 4.64. The third-order valence-corrected chi connectivity index (χ3v) is 6.24. The van der Waals surface area contributed by atoms with E-state index in [1.165, 1.54) is 24.3 Å². The van der Waals surface area contributed by atoms with Crippen LogP contribution in [0.4, 0.5) is 10.1 Å². The molecule has 180 valence electrons. The van der Waals surface area contributed by atoms with Crippen LogP contribution < -0.4 is 14.4 Å². The van der Waals surface area contributed by atoms with Crippen LogP contribution >= 0.6 is 0 Å². The molecule has 2 aliphatic rings. The molecule has 2 aliphatic heterocycles. The predicted octanol–water partition coefficient (Wildman–Crippen LogP) is 4.28. The van der Waals surface area contributed by atoms with E-state index in [1.54, 1.807) is 12.1 Å². The van der Waals surface area contributed by atoms with Crippen molar-refractivity contribution in [3.63, 3.8) is 0 Å². The Hall–Kier alpha value is -3.75. The van der Waals surface area contributed by atoms with Crippen molar-refractivity contribution >= 4 is 17.5 Å². The molecule has 2 saturated heterocycles. The van der Waals surface area contributed by atoms with Gasteiger partial charge in [-0.2, -0.15) is 5.06 Å².